The first-order chi connectivity index (χ1) is 9.11. The van der Waals surface area contributed by atoms with E-state index in [2.05, 4.69) is 19.2 Å². The van der Waals surface area contributed by atoms with Gasteiger partial charge in [0.15, 0.2) is 11.5 Å². The predicted molar refractivity (Wildman–Crippen MR) is 71.4 cm³/mol. The zero-order chi connectivity index (χ0) is 13.8. The summed E-state index contributed by atoms with van der Waals surface area (Å²) in [5.74, 6) is 1.86. The molecule has 0 spiro atoms. The van der Waals surface area contributed by atoms with Gasteiger partial charge in [-0.05, 0) is 18.4 Å². The third-order valence-electron chi connectivity index (χ3n) is 3.37. The normalized spacial score (nSPS) is 14.9. The molecule has 1 heterocycles. The molecule has 5 heteroatoms. The molecule has 106 valence electrons. The number of hydrogen-bond donors (Lipinski definition) is 3. The van der Waals surface area contributed by atoms with Gasteiger partial charge in [-0.25, -0.2) is 0 Å². The van der Waals surface area contributed by atoms with Crippen LogP contribution in [-0.2, 0) is 6.54 Å². The van der Waals surface area contributed by atoms with E-state index in [-0.39, 0.29) is 25.2 Å². The number of ether oxygens (including phenoxy) is 2. The van der Waals surface area contributed by atoms with Gasteiger partial charge in [0.25, 0.3) is 0 Å². The highest BCUT2D eigenvalue weighted by Crippen LogP contribution is 2.37. The lowest BCUT2D eigenvalue weighted by molar-refractivity contribution is 0.174. The maximum Gasteiger partial charge on any atom is 0.231 e. The number of aliphatic hydroxyl groups excluding tert-OH is 1. The second kappa shape index (κ2) is 6.12. The molecule has 1 atom stereocenters. The Hall–Kier alpha value is -1.46. The minimum atomic E-state index is 0.156. The minimum absolute atomic E-state index is 0.156. The molecular weight excluding hydrogens is 246 g/mol. The highest BCUT2D eigenvalue weighted by Gasteiger charge is 2.18. The quantitative estimate of drug-likeness (QED) is 0.730. The van der Waals surface area contributed by atoms with Crippen molar-refractivity contribution in [1.82, 2.24) is 5.32 Å². The molecule has 19 heavy (non-hydrogen) atoms. The zero-order valence-electron chi connectivity index (χ0n) is 11.3. The number of nitrogens with one attached hydrogen (secondary N) is 1. The second-order valence-electron chi connectivity index (χ2n) is 5.08. The van der Waals surface area contributed by atoms with Gasteiger partial charge in [-0.1, -0.05) is 13.8 Å². The number of hydrogen-bond acceptors (Lipinski definition) is 5. The van der Waals surface area contributed by atoms with Crippen molar-refractivity contribution in [3.8, 4) is 17.2 Å². The van der Waals surface area contributed by atoms with E-state index in [4.69, 9.17) is 14.6 Å². The molecule has 0 fully saturated rings. The largest absolute Gasteiger partial charge is 0.507 e. The van der Waals surface area contributed by atoms with Crippen LogP contribution < -0.4 is 14.8 Å². The van der Waals surface area contributed by atoms with E-state index >= 15 is 0 Å². The van der Waals surface area contributed by atoms with E-state index in [1.54, 1.807) is 12.1 Å². The lowest BCUT2D eigenvalue weighted by atomic mass is 10.0. The number of phenolic OH excluding ortho intramolecular Hbond substituents is 1. The van der Waals surface area contributed by atoms with Gasteiger partial charge in [0.2, 0.25) is 6.79 Å². The molecule has 0 aliphatic carbocycles. The van der Waals surface area contributed by atoms with Gasteiger partial charge < -0.3 is 25.0 Å². The van der Waals surface area contributed by atoms with Gasteiger partial charge in [0.1, 0.15) is 5.75 Å². The Labute approximate surface area is 113 Å². The summed E-state index contributed by atoms with van der Waals surface area (Å²) in [7, 11) is 0. The monoisotopic (exact) mass is 267 g/mol. The van der Waals surface area contributed by atoms with Crippen LogP contribution in [0.15, 0.2) is 12.1 Å². The van der Waals surface area contributed by atoms with Gasteiger partial charge in [-0.2, -0.15) is 0 Å². The lowest BCUT2D eigenvalue weighted by Gasteiger charge is -2.22. The molecule has 0 saturated heterocycles. The average molecular weight is 267 g/mol. The molecule has 0 bridgehead atoms. The zero-order valence-corrected chi connectivity index (χ0v) is 11.3. The fourth-order valence-electron chi connectivity index (χ4n) is 2.17. The van der Waals surface area contributed by atoms with E-state index in [1.807, 2.05) is 0 Å². The van der Waals surface area contributed by atoms with Crippen molar-refractivity contribution in [3.05, 3.63) is 17.7 Å². The molecular formula is C14H21NO4. The van der Waals surface area contributed by atoms with Crippen LogP contribution in [0, 0.1) is 5.92 Å². The maximum absolute atomic E-state index is 9.93. The first-order valence-corrected chi connectivity index (χ1v) is 6.57. The van der Waals surface area contributed by atoms with Crippen molar-refractivity contribution in [2.24, 2.45) is 5.92 Å². The molecule has 1 aliphatic heterocycles. The van der Waals surface area contributed by atoms with Gasteiger partial charge in [-0.3, -0.25) is 0 Å². The molecule has 0 saturated carbocycles. The summed E-state index contributed by atoms with van der Waals surface area (Å²) in [6.07, 6.45) is 0.697. The third-order valence-corrected chi connectivity index (χ3v) is 3.37. The summed E-state index contributed by atoms with van der Waals surface area (Å²) in [5.41, 5.74) is 0.771. The average Bonchev–Trinajstić information content (AvgIpc) is 2.80. The van der Waals surface area contributed by atoms with Crippen molar-refractivity contribution < 1.29 is 19.7 Å². The smallest absolute Gasteiger partial charge is 0.231 e. The number of rotatable bonds is 6. The van der Waals surface area contributed by atoms with E-state index in [9.17, 15) is 5.11 Å². The Morgan fingerprint density at radius 2 is 1.95 bits per heavy atom. The highest BCUT2D eigenvalue weighted by molar-refractivity contribution is 5.51. The van der Waals surface area contributed by atoms with Crippen LogP contribution >= 0.6 is 0 Å². The van der Waals surface area contributed by atoms with Crippen molar-refractivity contribution in [3.63, 3.8) is 0 Å². The first-order valence-electron chi connectivity index (χ1n) is 6.57. The van der Waals surface area contributed by atoms with Crippen molar-refractivity contribution >= 4 is 0 Å². The standard InChI is InChI=1S/C14H21NO4/c1-9(2)11(3-4-16)15-7-10-5-13-14(6-12(10)17)19-8-18-13/h5-6,9,11,15-17H,3-4,7-8H2,1-2H3. The van der Waals surface area contributed by atoms with Gasteiger partial charge >= 0.3 is 0 Å². The molecule has 1 aromatic rings. The Kier molecular flexibility index (Phi) is 4.50. The van der Waals surface area contributed by atoms with Crippen LogP contribution in [-0.4, -0.2) is 29.7 Å². The van der Waals surface area contributed by atoms with Crippen molar-refractivity contribution in [2.75, 3.05) is 13.4 Å². The molecule has 0 amide bonds. The van der Waals surface area contributed by atoms with E-state index in [0.29, 0.717) is 30.4 Å². The van der Waals surface area contributed by atoms with Crippen LogP contribution in [0.3, 0.4) is 0 Å². The molecule has 5 nitrogen and oxygen atoms in total. The number of aliphatic hydroxyl groups is 1. The Balaban J connectivity index is 2.03. The van der Waals surface area contributed by atoms with Crippen LogP contribution in [0.25, 0.3) is 0 Å². The van der Waals surface area contributed by atoms with Crippen LogP contribution in [0.5, 0.6) is 17.2 Å². The summed E-state index contributed by atoms with van der Waals surface area (Å²) in [4.78, 5) is 0. The molecule has 0 radical (unpaired) electrons. The summed E-state index contributed by atoms with van der Waals surface area (Å²) in [5, 5.41) is 22.3. The van der Waals surface area contributed by atoms with Gasteiger partial charge in [0.05, 0.1) is 0 Å². The van der Waals surface area contributed by atoms with Crippen molar-refractivity contribution in [1.29, 1.82) is 0 Å². The SMILES string of the molecule is CC(C)C(CCO)NCc1cc2c(cc1O)OCO2. The summed E-state index contributed by atoms with van der Waals surface area (Å²) in [6.45, 7) is 5.10. The van der Waals surface area contributed by atoms with E-state index < -0.39 is 0 Å². The highest BCUT2D eigenvalue weighted by atomic mass is 16.7. The van der Waals surface area contributed by atoms with Gasteiger partial charge in [0, 0.05) is 30.8 Å². The molecule has 1 aliphatic rings. The van der Waals surface area contributed by atoms with E-state index in [1.165, 1.54) is 0 Å². The van der Waals surface area contributed by atoms with Crippen LogP contribution in [0.2, 0.25) is 0 Å². The summed E-state index contributed by atoms with van der Waals surface area (Å²) >= 11 is 0. The topological polar surface area (TPSA) is 71.0 Å². The maximum atomic E-state index is 9.93. The summed E-state index contributed by atoms with van der Waals surface area (Å²) < 4.78 is 10.5. The fraction of sp³-hybridized carbons (Fsp3) is 0.571. The Morgan fingerprint density at radius 1 is 1.26 bits per heavy atom. The van der Waals surface area contributed by atoms with Crippen LogP contribution in [0.4, 0.5) is 0 Å². The number of aromatic hydroxyl groups is 1. The van der Waals surface area contributed by atoms with Crippen molar-refractivity contribution in [2.45, 2.75) is 32.9 Å². The molecule has 2 rings (SSSR count). The van der Waals surface area contributed by atoms with Gasteiger partial charge in [-0.15, -0.1) is 0 Å². The number of benzene rings is 1. The Morgan fingerprint density at radius 3 is 2.58 bits per heavy atom. The second-order valence-corrected chi connectivity index (χ2v) is 5.08. The summed E-state index contributed by atoms with van der Waals surface area (Å²) in [6, 6.07) is 3.59. The predicted octanol–water partition coefficient (Wildman–Crippen LogP) is 1.62. The minimum Gasteiger partial charge on any atom is -0.507 e. The first kappa shape index (κ1) is 14.0. The number of phenols is 1. The fourth-order valence-corrected chi connectivity index (χ4v) is 2.17. The Bertz CT molecular complexity index is 434. The third kappa shape index (κ3) is 3.30. The lowest BCUT2D eigenvalue weighted by Crippen LogP contribution is -2.34. The van der Waals surface area contributed by atoms with Crippen LogP contribution in [0.1, 0.15) is 25.8 Å². The van der Waals surface area contributed by atoms with E-state index in [0.717, 1.165) is 5.56 Å². The molecule has 1 aromatic carbocycles. The molecule has 1 unspecified atom stereocenters. The number of fused-ring (bicyclic) bond motifs is 1. The molecule has 3 N–H and O–H groups in total. The molecule has 0 aromatic heterocycles.